The van der Waals surface area contributed by atoms with Crippen LogP contribution in [0.25, 0.3) is 0 Å². The topological polar surface area (TPSA) is 63.3 Å². The lowest BCUT2D eigenvalue weighted by molar-refractivity contribution is 0.0936. The highest BCUT2D eigenvalue weighted by Gasteiger charge is 2.25. The number of aryl methyl sites for hydroxylation is 1. The van der Waals surface area contributed by atoms with E-state index in [-0.39, 0.29) is 11.7 Å². The van der Waals surface area contributed by atoms with Crippen LogP contribution in [0.3, 0.4) is 0 Å². The number of halogens is 1. The minimum absolute atomic E-state index is 0.233. The normalized spacial score (nSPS) is 15.9. The lowest BCUT2D eigenvalue weighted by Crippen LogP contribution is -2.33. The van der Waals surface area contributed by atoms with Gasteiger partial charge >= 0.3 is 0 Å². The van der Waals surface area contributed by atoms with Gasteiger partial charge in [-0.1, -0.05) is 18.6 Å². The van der Waals surface area contributed by atoms with Crippen molar-refractivity contribution in [2.24, 2.45) is 7.05 Å². The predicted octanol–water partition coefficient (Wildman–Crippen LogP) is 3.66. The Morgan fingerprint density at radius 1 is 1.21 bits per heavy atom. The molecule has 0 bridgehead atoms. The smallest absolute Gasteiger partial charge is 0.255 e. The third kappa shape index (κ3) is 4.40. The van der Waals surface area contributed by atoms with Crippen molar-refractivity contribution in [3.8, 4) is 0 Å². The van der Waals surface area contributed by atoms with Crippen molar-refractivity contribution in [1.82, 2.24) is 19.8 Å². The van der Waals surface area contributed by atoms with Gasteiger partial charge in [-0.3, -0.25) is 9.69 Å². The molecule has 1 aromatic carbocycles. The number of aromatic nitrogens is 2. The van der Waals surface area contributed by atoms with E-state index in [0.29, 0.717) is 23.7 Å². The van der Waals surface area contributed by atoms with Gasteiger partial charge in [-0.25, -0.2) is 9.37 Å². The molecule has 0 spiro atoms. The number of carbonyl (C=O) groups is 1. The quantitative estimate of drug-likeness (QED) is 0.691. The van der Waals surface area contributed by atoms with E-state index in [1.165, 1.54) is 31.4 Å². The van der Waals surface area contributed by atoms with E-state index < -0.39 is 6.04 Å². The van der Waals surface area contributed by atoms with Crippen molar-refractivity contribution in [2.75, 3.05) is 13.1 Å². The molecule has 2 aromatic heterocycles. The molecule has 1 atom stereocenters. The van der Waals surface area contributed by atoms with Crippen molar-refractivity contribution in [1.29, 1.82) is 0 Å². The molecule has 29 heavy (non-hydrogen) atoms. The summed E-state index contributed by atoms with van der Waals surface area (Å²) in [6.45, 7) is 2.67. The third-order valence-corrected chi connectivity index (χ3v) is 5.40. The first-order valence-electron chi connectivity index (χ1n) is 9.94. The van der Waals surface area contributed by atoms with Crippen LogP contribution in [-0.4, -0.2) is 33.4 Å². The van der Waals surface area contributed by atoms with Crippen LogP contribution in [0.5, 0.6) is 0 Å². The molecule has 0 aliphatic carbocycles. The maximum absolute atomic E-state index is 13.4. The Kier molecular flexibility index (Phi) is 5.76. The largest absolute Gasteiger partial charge is 0.467 e. The van der Waals surface area contributed by atoms with Crippen LogP contribution in [0.4, 0.5) is 4.39 Å². The summed E-state index contributed by atoms with van der Waals surface area (Å²) in [6, 6.07) is 7.31. The summed E-state index contributed by atoms with van der Waals surface area (Å²) in [5, 5.41) is 3.05. The summed E-state index contributed by atoms with van der Waals surface area (Å²) in [5.74, 6) is 0.786. The van der Waals surface area contributed by atoms with E-state index in [9.17, 15) is 9.18 Å². The van der Waals surface area contributed by atoms with E-state index in [4.69, 9.17) is 4.42 Å². The Morgan fingerprint density at radius 2 is 1.97 bits per heavy atom. The molecular weight excluding hydrogens is 371 g/mol. The van der Waals surface area contributed by atoms with Crippen LogP contribution in [0.2, 0.25) is 0 Å². The molecule has 1 aliphatic heterocycles. The van der Waals surface area contributed by atoms with Gasteiger partial charge in [-0.15, -0.1) is 0 Å². The molecule has 1 N–H and O–H groups in total. The molecule has 1 fully saturated rings. The highest BCUT2D eigenvalue weighted by Crippen LogP contribution is 2.23. The second-order valence-electron chi connectivity index (χ2n) is 7.45. The van der Waals surface area contributed by atoms with Crippen molar-refractivity contribution < 1.29 is 13.6 Å². The van der Waals surface area contributed by atoms with Gasteiger partial charge in [0.1, 0.15) is 23.4 Å². The molecule has 1 unspecified atom stereocenters. The van der Waals surface area contributed by atoms with Gasteiger partial charge in [-0.2, -0.15) is 0 Å². The molecule has 1 aliphatic rings. The number of benzene rings is 1. The lowest BCUT2D eigenvalue weighted by Gasteiger charge is -2.25. The van der Waals surface area contributed by atoms with E-state index in [1.807, 2.05) is 17.8 Å². The Morgan fingerprint density at radius 3 is 2.66 bits per heavy atom. The highest BCUT2D eigenvalue weighted by atomic mass is 19.1. The number of nitrogens with one attached hydrogen (secondary N) is 1. The van der Waals surface area contributed by atoms with E-state index in [2.05, 4.69) is 15.2 Å². The first-order chi connectivity index (χ1) is 14.1. The van der Waals surface area contributed by atoms with Crippen molar-refractivity contribution in [2.45, 2.75) is 31.8 Å². The lowest BCUT2D eigenvalue weighted by atomic mass is 10.0. The molecule has 4 rings (SSSR count). The van der Waals surface area contributed by atoms with Crippen LogP contribution in [0, 0.1) is 5.82 Å². The van der Waals surface area contributed by atoms with E-state index in [1.54, 1.807) is 30.7 Å². The second kappa shape index (κ2) is 8.61. The summed E-state index contributed by atoms with van der Waals surface area (Å²) >= 11 is 0. The number of piperidine rings is 1. The number of amides is 1. The summed E-state index contributed by atoms with van der Waals surface area (Å²) in [7, 11) is 1.87. The zero-order chi connectivity index (χ0) is 20.2. The van der Waals surface area contributed by atoms with Crippen molar-refractivity contribution in [3.05, 3.63) is 77.5 Å². The third-order valence-electron chi connectivity index (χ3n) is 5.40. The Labute approximate surface area is 169 Å². The van der Waals surface area contributed by atoms with E-state index in [0.717, 1.165) is 18.7 Å². The molecule has 3 aromatic rings. The van der Waals surface area contributed by atoms with E-state index >= 15 is 0 Å². The predicted molar refractivity (Wildman–Crippen MR) is 107 cm³/mol. The highest BCUT2D eigenvalue weighted by molar-refractivity contribution is 5.95. The summed E-state index contributed by atoms with van der Waals surface area (Å²) in [6.07, 6.45) is 8.66. The fraction of sp³-hybridized carbons (Fsp3) is 0.364. The fourth-order valence-electron chi connectivity index (χ4n) is 3.80. The molecule has 7 heteroatoms. The average molecular weight is 396 g/mol. The molecule has 0 radical (unpaired) electrons. The van der Waals surface area contributed by atoms with Crippen LogP contribution in [0.1, 0.15) is 52.8 Å². The molecule has 6 nitrogen and oxygen atoms in total. The molecule has 152 valence electrons. The van der Waals surface area contributed by atoms with Gasteiger partial charge < -0.3 is 14.3 Å². The molecule has 1 amide bonds. The average Bonchev–Trinajstić information content (AvgIpc) is 3.36. The summed E-state index contributed by atoms with van der Waals surface area (Å²) < 4.78 is 20.9. The number of likely N-dealkylation sites (tertiary alicyclic amines) is 1. The second-order valence-corrected chi connectivity index (χ2v) is 7.45. The van der Waals surface area contributed by atoms with Crippen molar-refractivity contribution >= 4 is 5.91 Å². The number of imidazole rings is 1. The van der Waals surface area contributed by atoms with Gasteiger partial charge in [0.15, 0.2) is 0 Å². The van der Waals surface area contributed by atoms with Crippen LogP contribution in [0.15, 0.2) is 53.4 Å². The zero-order valence-electron chi connectivity index (χ0n) is 16.5. The molecule has 3 heterocycles. The number of hydrogen-bond acceptors (Lipinski definition) is 4. The maximum atomic E-state index is 13.4. The first kappa shape index (κ1) is 19.4. The van der Waals surface area contributed by atoms with Crippen molar-refractivity contribution in [3.63, 3.8) is 0 Å². The fourth-order valence-corrected chi connectivity index (χ4v) is 3.80. The maximum Gasteiger partial charge on any atom is 0.255 e. The first-order valence-corrected chi connectivity index (χ1v) is 9.94. The molecule has 1 saturated heterocycles. The minimum atomic E-state index is -0.499. The SMILES string of the molecule is Cn1ccnc1C(NC(=O)c1ccoc1CN1CCCCC1)c1ccc(F)cc1. The van der Waals surface area contributed by atoms with Crippen LogP contribution < -0.4 is 5.32 Å². The number of furan rings is 1. The van der Waals surface area contributed by atoms with Crippen LogP contribution in [-0.2, 0) is 13.6 Å². The number of carbonyl (C=O) groups excluding carboxylic acids is 1. The minimum Gasteiger partial charge on any atom is -0.467 e. The van der Waals surface area contributed by atoms with Gasteiger partial charge in [-0.05, 0) is 49.7 Å². The van der Waals surface area contributed by atoms with Gasteiger partial charge in [0.05, 0.1) is 18.4 Å². The summed E-state index contributed by atoms with van der Waals surface area (Å²) in [5.41, 5.74) is 1.28. The number of nitrogens with zero attached hydrogens (tertiary/aromatic N) is 3. The molecule has 0 saturated carbocycles. The van der Waals surface area contributed by atoms with Gasteiger partial charge in [0.2, 0.25) is 0 Å². The monoisotopic (exact) mass is 396 g/mol. The number of hydrogen-bond donors (Lipinski definition) is 1. The number of rotatable bonds is 6. The Bertz CT molecular complexity index is 957. The Hall–Kier alpha value is -2.93. The van der Waals surface area contributed by atoms with Gasteiger partial charge in [0, 0.05) is 19.4 Å². The molecular formula is C22H25FN4O2. The van der Waals surface area contributed by atoms with Crippen LogP contribution >= 0.6 is 0 Å². The summed E-state index contributed by atoms with van der Waals surface area (Å²) in [4.78, 5) is 19.8. The standard InChI is InChI=1S/C22H25FN4O2/c1-26-13-10-24-21(26)20(16-5-7-17(23)8-6-16)25-22(28)18-9-14-29-19(18)15-27-11-3-2-4-12-27/h5-10,13-14,20H,2-4,11-12,15H2,1H3,(H,25,28). The zero-order valence-corrected chi connectivity index (χ0v) is 16.5. The van der Waals surface area contributed by atoms with Gasteiger partial charge in [0.25, 0.3) is 5.91 Å². The Balaban J connectivity index is 1.57.